The van der Waals surface area contributed by atoms with E-state index in [1.807, 2.05) is 25.1 Å². The van der Waals surface area contributed by atoms with Crippen molar-refractivity contribution in [3.8, 4) is 5.75 Å². The maximum absolute atomic E-state index is 8.97. The molecule has 3 heteroatoms. The van der Waals surface area contributed by atoms with Gasteiger partial charge in [-0.25, -0.2) is 0 Å². The van der Waals surface area contributed by atoms with Gasteiger partial charge in [0.25, 0.3) is 0 Å². The smallest absolute Gasteiger partial charge is 0.121 e. The highest BCUT2D eigenvalue weighted by Gasteiger charge is 1.99. The van der Waals surface area contributed by atoms with Gasteiger partial charge in [0.05, 0.1) is 6.61 Å². The third-order valence-electron chi connectivity index (χ3n) is 1.60. The standard InChI is InChI=1S/C11H13BrO2/c1-8(2)7-14-11-4-9(6-13)3-10(12)5-11/h3-5,13H,1,6-7H2,2H3. The first-order valence-corrected chi connectivity index (χ1v) is 5.08. The van der Waals surface area contributed by atoms with E-state index in [9.17, 15) is 0 Å². The minimum absolute atomic E-state index is 0.0167. The van der Waals surface area contributed by atoms with Crippen LogP contribution in [-0.4, -0.2) is 11.7 Å². The molecule has 0 saturated carbocycles. The van der Waals surface area contributed by atoms with E-state index >= 15 is 0 Å². The van der Waals surface area contributed by atoms with Crippen molar-refractivity contribution < 1.29 is 9.84 Å². The van der Waals surface area contributed by atoms with Gasteiger partial charge in [0, 0.05) is 4.47 Å². The summed E-state index contributed by atoms with van der Waals surface area (Å²) in [5, 5.41) is 8.97. The summed E-state index contributed by atoms with van der Waals surface area (Å²) < 4.78 is 6.35. The second kappa shape index (κ2) is 5.17. The third-order valence-corrected chi connectivity index (χ3v) is 2.06. The highest BCUT2D eigenvalue weighted by atomic mass is 79.9. The van der Waals surface area contributed by atoms with E-state index in [1.54, 1.807) is 0 Å². The van der Waals surface area contributed by atoms with E-state index in [2.05, 4.69) is 22.5 Å². The lowest BCUT2D eigenvalue weighted by molar-refractivity contribution is 0.280. The van der Waals surface area contributed by atoms with Crippen LogP contribution in [0.4, 0.5) is 0 Å². The average molecular weight is 257 g/mol. The Hall–Kier alpha value is -0.800. The summed E-state index contributed by atoms with van der Waals surface area (Å²) >= 11 is 3.35. The van der Waals surface area contributed by atoms with E-state index in [1.165, 1.54) is 0 Å². The van der Waals surface area contributed by atoms with Gasteiger partial charge in [-0.05, 0) is 36.3 Å². The summed E-state index contributed by atoms with van der Waals surface area (Å²) in [6, 6.07) is 5.53. The molecule has 0 radical (unpaired) electrons. The second-order valence-electron chi connectivity index (χ2n) is 3.20. The molecule has 1 rings (SSSR count). The molecular weight excluding hydrogens is 244 g/mol. The molecule has 0 aromatic heterocycles. The Morgan fingerprint density at radius 2 is 2.21 bits per heavy atom. The van der Waals surface area contributed by atoms with E-state index in [0.717, 1.165) is 21.4 Å². The summed E-state index contributed by atoms with van der Waals surface area (Å²) in [5.41, 5.74) is 1.80. The van der Waals surface area contributed by atoms with Gasteiger partial charge in [-0.1, -0.05) is 22.5 Å². The molecule has 1 N–H and O–H groups in total. The van der Waals surface area contributed by atoms with Gasteiger partial charge in [-0.2, -0.15) is 0 Å². The van der Waals surface area contributed by atoms with Crippen LogP contribution < -0.4 is 4.74 Å². The fraction of sp³-hybridized carbons (Fsp3) is 0.273. The van der Waals surface area contributed by atoms with Crippen LogP contribution in [0, 0.1) is 0 Å². The maximum Gasteiger partial charge on any atom is 0.121 e. The van der Waals surface area contributed by atoms with Gasteiger partial charge in [0.2, 0.25) is 0 Å². The lowest BCUT2D eigenvalue weighted by Gasteiger charge is -2.07. The van der Waals surface area contributed by atoms with Gasteiger partial charge in [0.1, 0.15) is 12.4 Å². The summed E-state index contributed by atoms with van der Waals surface area (Å²) in [7, 11) is 0. The number of hydrogen-bond donors (Lipinski definition) is 1. The van der Waals surface area contributed by atoms with Crippen molar-refractivity contribution in [1.29, 1.82) is 0 Å². The number of benzene rings is 1. The predicted molar refractivity (Wildman–Crippen MR) is 60.4 cm³/mol. The molecule has 0 spiro atoms. The van der Waals surface area contributed by atoms with Gasteiger partial charge in [0.15, 0.2) is 0 Å². The van der Waals surface area contributed by atoms with Crippen molar-refractivity contribution in [2.45, 2.75) is 13.5 Å². The molecule has 0 amide bonds. The molecular formula is C11H13BrO2. The minimum Gasteiger partial charge on any atom is -0.489 e. The quantitative estimate of drug-likeness (QED) is 0.840. The normalized spacial score (nSPS) is 9.93. The zero-order chi connectivity index (χ0) is 10.6. The molecule has 76 valence electrons. The van der Waals surface area contributed by atoms with Crippen LogP contribution in [-0.2, 0) is 6.61 Å². The van der Waals surface area contributed by atoms with Crippen LogP contribution in [0.15, 0.2) is 34.8 Å². The van der Waals surface area contributed by atoms with Crippen LogP contribution in [0.25, 0.3) is 0 Å². The molecule has 0 atom stereocenters. The second-order valence-corrected chi connectivity index (χ2v) is 4.11. The van der Waals surface area contributed by atoms with Crippen LogP contribution in [0.2, 0.25) is 0 Å². The van der Waals surface area contributed by atoms with E-state index < -0.39 is 0 Å². The number of halogens is 1. The molecule has 0 aliphatic heterocycles. The molecule has 0 unspecified atom stereocenters. The van der Waals surface area contributed by atoms with Crippen LogP contribution >= 0.6 is 15.9 Å². The fourth-order valence-electron chi connectivity index (χ4n) is 1.00. The Kier molecular flexibility index (Phi) is 4.17. The van der Waals surface area contributed by atoms with E-state index in [-0.39, 0.29) is 6.61 Å². The first-order valence-electron chi connectivity index (χ1n) is 4.29. The average Bonchev–Trinajstić information content (AvgIpc) is 2.14. The van der Waals surface area contributed by atoms with Crippen molar-refractivity contribution >= 4 is 15.9 Å². The van der Waals surface area contributed by atoms with E-state index in [0.29, 0.717) is 6.61 Å². The molecule has 0 saturated heterocycles. The van der Waals surface area contributed by atoms with Crippen molar-refractivity contribution in [2.24, 2.45) is 0 Å². The monoisotopic (exact) mass is 256 g/mol. The molecule has 14 heavy (non-hydrogen) atoms. The lowest BCUT2D eigenvalue weighted by Crippen LogP contribution is -1.98. The molecule has 0 aliphatic rings. The highest BCUT2D eigenvalue weighted by molar-refractivity contribution is 9.10. The molecule has 0 bridgehead atoms. The minimum atomic E-state index is 0.0167. The summed E-state index contributed by atoms with van der Waals surface area (Å²) in [6.45, 7) is 6.17. The Labute approximate surface area is 92.3 Å². The fourth-order valence-corrected chi connectivity index (χ4v) is 1.52. The maximum atomic E-state index is 8.97. The largest absolute Gasteiger partial charge is 0.489 e. The number of aliphatic hydroxyl groups excluding tert-OH is 1. The topological polar surface area (TPSA) is 29.5 Å². The lowest BCUT2D eigenvalue weighted by atomic mass is 10.2. The van der Waals surface area contributed by atoms with Crippen molar-refractivity contribution in [1.82, 2.24) is 0 Å². The summed E-state index contributed by atoms with van der Waals surface area (Å²) in [4.78, 5) is 0. The van der Waals surface area contributed by atoms with Crippen LogP contribution in [0.5, 0.6) is 5.75 Å². The first kappa shape index (κ1) is 11.3. The number of hydrogen-bond acceptors (Lipinski definition) is 2. The zero-order valence-electron chi connectivity index (χ0n) is 8.09. The Morgan fingerprint density at radius 1 is 1.50 bits per heavy atom. The molecule has 0 aliphatic carbocycles. The van der Waals surface area contributed by atoms with Crippen molar-refractivity contribution in [3.05, 3.63) is 40.4 Å². The Morgan fingerprint density at radius 3 is 2.79 bits per heavy atom. The zero-order valence-corrected chi connectivity index (χ0v) is 9.67. The first-order chi connectivity index (χ1) is 6.61. The summed E-state index contributed by atoms with van der Waals surface area (Å²) in [5.74, 6) is 0.742. The number of rotatable bonds is 4. The Balaban J connectivity index is 2.76. The molecule has 1 aromatic carbocycles. The molecule has 1 aromatic rings. The molecule has 0 heterocycles. The van der Waals surface area contributed by atoms with Crippen molar-refractivity contribution in [2.75, 3.05) is 6.61 Å². The number of aliphatic hydroxyl groups is 1. The van der Waals surface area contributed by atoms with Gasteiger partial charge < -0.3 is 9.84 Å². The van der Waals surface area contributed by atoms with Gasteiger partial charge in [-0.3, -0.25) is 0 Å². The van der Waals surface area contributed by atoms with Crippen LogP contribution in [0.3, 0.4) is 0 Å². The summed E-state index contributed by atoms with van der Waals surface area (Å²) in [6.07, 6.45) is 0. The van der Waals surface area contributed by atoms with E-state index in [4.69, 9.17) is 9.84 Å². The molecule has 2 nitrogen and oxygen atoms in total. The predicted octanol–water partition coefficient (Wildman–Crippen LogP) is 2.90. The SMILES string of the molecule is C=C(C)COc1cc(Br)cc(CO)c1. The van der Waals surface area contributed by atoms with Gasteiger partial charge in [-0.15, -0.1) is 0 Å². The van der Waals surface area contributed by atoms with Crippen molar-refractivity contribution in [3.63, 3.8) is 0 Å². The Bertz CT molecular complexity index is 334. The molecule has 0 fully saturated rings. The van der Waals surface area contributed by atoms with Gasteiger partial charge >= 0.3 is 0 Å². The van der Waals surface area contributed by atoms with Crippen LogP contribution in [0.1, 0.15) is 12.5 Å². The number of ether oxygens (including phenoxy) is 1. The highest BCUT2D eigenvalue weighted by Crippen LogP contribution is 2.21. The third kappa shape index (κ3) is 3.52.